The largest absolute Gasteiger partial charge is 0.497 e. The van der Waals surface area contributed by atoms with Crippen LogP contribution in [0.4, 0.5) is 0 Å². The van der Waals surface area contributed by atoms with Gasteiger partial charge in [0.2, 0.25) is 0 Å². The standard InChI is InChI=1S/C25H29ClN6O3/c1-3-32-20-10-9-16(35-2)12-19(20)30-23(32)18(8-5-11-28-21(27)13-26)31-24(33)17-7-4-6-15-14-29-25(34)22(15)17/h4,6-7,9-10,12,18H,3,5,8,11,13-14H2,1-2H3,(H2,27,28)(H,29,34)(H,31,33)/t18-/m0/s1. The van der Waals surface area contributed by atoms with Gasteiger partial charge in [-0.15, -0.1) is 11.6 Å². The molecule has 2 amide bonds. The first kappa shape index (κ1) is 24.5. The lowest BCUT2D eigenvalue weighted by atomic mass is 10.0. The Bertz CT molecular complexity index is 1270. The first-order valence-corrected chi connectivity index (χ1v) is 12.1. The van der Waals surface area contributed by atoms with Gasteiger partial charge in [0, 0.05) is 25.7 Å². The van der Waals surface area contributed by atoms with Crippen LogP contribution in [0.2, 0.25) is 0 Å². The van der Waals surface area contributed by atoms with Crippen LogP contribution in [0.25, 0.3) is 11.0 Å². The van der Waals surface area contributed by atoms with Gasteiger partial charge in [-0.3, -0.25) is 15.0 Å². The molecule has 0 bridgehead atoms. The molecule has 0 saturated carbocycles. The third kappa shape index (κ3) is 5.09. The number of amidine groups is 1. The van der Waals surface area contributed by atoms with E-state index in [0.717, 1.165) is 22.4 Å². The van der Waals surface area contributed by atoms with Crippen LogP contribution in [-0.4, -0.2) is 46.7 Å². The average molecular weight is 497 g/mol. The van der Waals surface area contributed by atoms with Gasteiger partial charge in [-0.25, -0.2) is 4.98 Å². The molecule has 3 aromatic rings. The Kier molecular flexibility index (Phi) is 7.55. The summed E-state index contributed by atoms with van der Waals surface area (Å²) >= 11 is 5.69. The molecule has 4 rings (SSSR count). The van der Waals surface area contributed by atoms with Crippen molar-refractivity contribution in [1.29, 1.82) is 5.41 Å². The number of imidazole rings is 1. The Morgan fingerprint density at radius 1 is 1.34 bits per heavy atom. The van der Waals surface area contributed by atoms with Crippen molar-refractivity contribution in [1.82, 2.24) is 25.5 Å². The van der Waals surface area contributed by atoms with Gasteiger partial charge in [-0.2, -0.15) is 0 Å². The molecule has 0 unspecified atom stereocenters. The second kappa shape index (κ2) is 10.8. The topological polar surface area (TPSA) is 121 Å². The van der Waals surface area contributed by atoms with Crippen LogP contribution in [-0.2, 0) is 13.1 Å². The molecule has 1 atom stereocenters. The van der Waals surface area contributed by atoms with Crippen LogP contribution in [0.15, 0.2) is 36.4 Å². The molecule has 0 saturated heterocycles. The van der Waals surface area contributed by atoms with Gasteiger partial charge in [0.05, 0.1) is 41.2 Å². The smallest absolute Gasteiger partial charge is 0.252 e. The Hall–Kier alpha value is -3.59. The number of carbonyl (C=O) groups is 2. The molecule has 4 N–H and O–H groups in total. The maximum Gasteiger partial charge on any atom is 0.252 e. The van der Waals surface area contributed by atoms with Gasteiger partial charge in [0.25, 0.3) is 11.8 Å². The number of carbonyl (C=O) groups excluding carboxylic acids is 2. The van der Waals surface area contributed by atoms with E-state index < -0.39 is 6.04 Å². The average Bonchev–Trinajstić information content (AvgIpc) is 3.45. The summed E-state index contributed by atoms with van der Waals surface area (Å²) in [5.41, 5.74) is 3.32. The summed E-state index contributed by atoms with van der Waals surface area (Å²) in [7, 11) is 1.61. The summed E-state index contributed by atoms with van der Waals surface area (Å²) in [6.07, 6.45) is 1.25. The van der Waals surface area contributed by atoms with Gasteiger partial charge in [-0.05, 0) is 43.5 Å². The minimum atomic E-state index is -0.409. The van der Waals surface area contributed by atoms with Crippen molar-refractivity contribution < 1.29 is 14.3 Å². The fraction of sp³-hybridized carbons (Fsp3) is 0.360. The van der Waals surface area contributed by atoms with Gasteiger partial charge in [0.15, 0.2) is 0 Å². The molecule has 10 heteroatoms. The molecule has 2 heterocycles. The Morgan fingerprint density at radius 3 is 2.91 bits per heavy atom. The second-order valence-electron chi connectivity index (χ2n) is 8.30. The third-order valence-corrected chi connectivity index (χ3v) is 6.39. The zero-order chi connectivity index (χ0) is 24.9. The minimum absolute atomic E-state index is 0.120. The summed E-state index contributed by atoms with van der Waals surface area (Å²) < 4.78 is 7.44. The number of ether oxygens (including phenoxy) is 1. The molecule has 0 spiro atoms. The van der Waals surface area contributed by atoms with E-state index in [9.17, 15) is 9.59 Å². The first-order chi connectivity index (χ1) is 17.0. The number of amides is 2. The lowest BCUT2D eigenvalue weighted by Gasteiger charge is -2.20. The molecular formula is C25H29ClN6O3. The number of alkyl halides is 1. The first-order valence-electron chi connectivity index (χ1n) is 11.6. The van der Waals surface area contributed by atoms with E-state index >= 15 is 0 Å². The Labute approximate surface area is 208 Å². The molecule has 1 aromatic heterocycles. The van der Waals surface area contributed by atoms with E-state index in [-0.39, 0.29) is 23.5 Å². The maximum absolute atomic E-state index is 13.4. The number of aromatic nitrogens is 2. The molecule has 0 radical (unpaired) electrons. The SMILES string of the molecule is CCn1c([C@H](CCCNC(=N)CCl)NC(=O)c2cccc3c2C(=O)NC3)nc2cc(OC)ccc21. The highest BCUT2D eigenvalue weighted by Crippen LogP contribution is 2.28. The maximum atomic E-state index is 13.4. The number of halogens is 1. The number of hydrogen-bond donors (Lipinski definition) is 4. The van der Waals surface area contributed by atoms with Gasteiger partial charge >= 0.3 is 0 Å². The van der Waals surface area contributed by atoms with Crippen LogP contribution < -0.4 is 20.7 Å². The van der Waals surface area contributed by atoms with Crippen LogP contribution in [0.5, 0.6) is 5.75 Å². The molecular weight excluding hydrogens is 468 g/mol. The quantitative estimate of drug-likeness (QED) is 0.148. The Balaban J connectivity index is 1.66. The normalized spacial score (nSPS) is 13.3. The molecule has 35 heavy (non-hydrogen) atoms. The number of aryl methyl sites for hydroxylation is 1. The number of nitrogens with one attached hydrogen (secondary N) is 4. The van der Waals surface area contributed by atoms with Crippen LogP contribution in [0.1, 0.15) is 57.9 Å². The van der Waals surface area contributed by atoms with E-state index in [1.54, 1.807) is 19.2 Å². The lowest BCUT2D eigenvalue weighted by Crippen LogP contribution is -2.33. The number of nitrogens with zero attached hydrogens (tertiary/aromatic N) is 2. The number of fused-ring (bicyclic) bond motifs is 2. The van der Waals surface area contributed by atoms with E-state index in [1.807, 2.05) is 31.2 Å². The molecule has 1 aliphatic rings. The number of benzene rings is 2. The molecule has 0 aliphatic carbocycles. The van der Waals surface area contributed by atoms with Crippen molar-refractivity contribution >= 4 is 40.3 Å². The van der Waals surface area contributed by atoms with E-state index in [4.69, 9.17) is 26.7 Å². The molecule has 0 fully saturated rings. The highest BCUT2D eigenvalue weighted by Gasteiger charge is 2.28. The van der Waals surface area contributed by atoms with Crippen molar-refractivity contribution in [2.75, 3.05) is 19.5 Å². The van der Waals surface area contributed by atoms with Crippen molar-refractivity contribution in [3.05, 3.63) is 58.9 Å². The fourth-order valence-corrected chi connectivity index (χ4v) is 4.51. The van der Waals surface area contributed by atoms with E-state index in [0.29, 0.717) is 49.4 Å². The number of methoxy groups -OCH3 is 1. The molecule has 2 aromatic carbocycles. The van der Waals surface area contributed by atoms with Crippen molar-refractivity contribution in [3.8, 4) is 5.75 Å². The van der Waals surface area contributed by atoms with Crippen molar-refractivity contribution in [3.63, 3.8) is 0 Å². The molecule has 1 aliphatic heterocycles. The monoisotopic (exact) mass is 496 g/mol. The van der Waals surface area contributed by atoms with Gasteiger partial charge in [-0.1, -0.05) is 12.1 Å². The third-order valence-electron chi connectivity index (χ3n) is 6.12. The number of rotatable bonds is 10. The van der Waals surface area contributed by atoms with Gasteiger partial charge in [0.1, 0.15) is 17.4 Å². The van der Waals surface area contributed by atoms with Crippen molar-refractivity contribution in [2.45, 2.75) is 38.9 Å². The summed E-state index contributed by atoms with van der Waals surface area (Å²) in [6, 6.07) is 10.6. The minimum Gasteiger partial charge on any atom is -0.497 e. The van der Waals surface area contributed by atoms with Crippen LogP contribution in [0.3, 0.4) is 0 Å². The number of hydrogen-bond acceptors (Lipinski definition) is 5. The highest BCUT2D eigenvalue weighted by atomic mass is 35.5. The summed E-state index contributed by atoms with van der Waals surface area (Å²) in [5, 5.41) is 16.6. The summed E-state index contributed by atoms with van der Waals surface area (Å²) in [5.74, 6) is 1.26. The zero-order valence-corrected chi connectivity index (χ0v) is 20.5. The molecule has 184 valence electrons. The van der Waals surface area contributed by atoms with Crippen LogP contribution >= 0.6 is 11.6 Å². The fourth-order valence-electron chi connectivity index (χ4n) is 4.42. The van der Waals surface area contributed by atoms with Gasteiger partial charge < -0.3 is 25.3 Å². The predicted molar refractivity (Wildman–Crippen MR) is 135 cm³/mol. The zero-order valence-electron chi connectivity index (χ0n) is 19.8. The second-order valence-corrected chi connectivity index (χ2v) is 8.57. The van der Waals surface area contributed by atoms with Crippen molar-refractivity contribution in [2.24, 2.45) is 0 Å². The predicted octanol–water partition coefficient (Wildman–Crippen LogP) is 3.37. The lowest BCUT2D eigenvalue weighted by molar-refractivity contribution is 0.0912. The van der Waals surface area contributed by atoms with E-state index in [2.05, 4.69) is 20.5 Å². The summed E-state index contributed by atoms with van der Waals surface area (Å²) in [4.78, 5) is 30.7. The molecule has 9 nitrogen and oxygen atoms in total. The van der Waals surface area contributed by atoms with E-state index in [1.165, 1.54) is 0 Å². The summed E-state index contributed by atoms with van der Waals surface area (Å²) in [6.45, 7) is 3.67. The highest BCUT2D eigenvalue weighted by molar-refractivity contribution is 6.27. The van der Waals surface area contributed by atoms with Crippen LogP contribution in [0, 0.1) is 5.41 Å². The Morgan fingerprint density at radius 2 is 2.17 bits per heavy atom.